The van der Waals surface area contributed by atoms with Crippen molar-refractivity contribution in [1.29, 1.82) is 0 Å². The molecule has 1 saturated carbocycles. The van der Waals surface area contributed by atoms with Crippen LogP contribution in [0.2, 0.25) is 0 Å². The molecule has 1 aromatic heterocycles. The first-order chi connectivity index (χ1) is 11.2. The Balaban J connectivity index is 1.81. The molecule has 23 heavy (non-hydrogen) atoms. The summed E-state index contributed by atoms with van der Waals surface area (Å²) in [5, 5.41) is 4.44. The van der Waals surface area contributed by atoms with Gasteiger partial charge in [0, 0.05) is 22.6 Å². The monoisotopic (exact) mass is 313 g/mol. The van der Waals surface area contributed by atoms with Gasteiger partial charge in [-0.05, 0) is 44.4 Å². The Labute approximate surface area is 138 Å². The van der Waals surface area contributed by atoms with E-state index in [0.717, 1.165) is 30.5 Å². The summed E-state index contributed by atoms with van der Waals surface area (Å²) in [6, 6.07) is 8.67. The van der Waals surface area contributed by atoms with Gasteiger partial charge in [0.05, 0.1) is 0 Å². The summed E-state index contributed by atoms with van der Waals surface area (Å²) in [7, 11) is 0. The molecule has 4 nitrogen and oxygen atoms in total. The lowest BCUT2D eigenvalue weighted by atomic mass is 9.95. The first kappa shape index (κ1) is 16.1. The number of hydrogen-bond acceptors (Lipinski definition) is 2. The molecule has 0 atom stereocenters. The van der Waals surface area contributed by atoms with Crippen molar-refractivity contribution < 1.29 is 4.79 Å². The number of hydrogen-bond donors (Lipinski definition) is 2. The standard InChI is InChI=1S/C19H27N3O/c1-14-16(11-12-20)17-9-5-6-10-18(17)22(14)13-19(23)21-15-7-3-2-4-8-15/h5-6,9-10,15H,2-4,7-8,11-13,20H2,1H3,(H,21,23). The average Bonchev–Trinajstić information content (AvgIpc) is 2.82. The zero-order valence-corrected chi connectivity index (χ0v) is 14.0. The normalized spacial score (nSPS) is 15.9. The first-order valence-electron chi connectivity index (χ1n) is 8.77. The van der Waals surface area contributed by atoms with E-state index in [1.165, 1.54) is 30.2 Å². The number of para-hydroxylation sites is 1. The fourth-order valence-electron chi connectivity index (χ4n) is 3.83. The maximum atomic E-state index is 12.5. The summed E-state index contributed by atoms with van der Waals surface area (Å²) in [6.07, 6.45) is 6.86. The van der Waals surface area contributed by atoms with E-state index >= 15 is 0 Å². The van der Waals surface area contributed by atoms with Gasteiger partial charge in [0.2, 0.25) is 5.91 Å². The number of carbonyl (C=O) groups is 1. The second kappa shape index (κ2) is 7.18. The number of nitrogens with one attached hydrogen (secondary N) is 1. The largest absolute Gasteiger partial charge is 0.352 e. The quantitative estimate of drug-likeness (QED) is 0.891. The minimum Gasteiger partial charge on any atom is -0.352 e. The minimum absolute atomic E-state index is 0.125. The molecule has 3 N–H and O–H groups in total. The van der Waals surface area contributed by atoms with Gasteiger partial charge in [0.1, 0.15) is 6.54 Å². The fourth-order valence-corrected chi connectivity index (χ4v) is 3.83. The number of benzene rings is 1. The molecular weight excluding hydrogens is 286 g/mol. The zero-order valence-electron chi connectivity index (χ0n) is 14.0. The van der Waals surface area contributed by atoms with E-state index in [0.29, 0.717) is 19.1 Å². The average molecular weight is 313 g/mol. The predicted molar refractivity (Wildman–Crippen MR) is 94.4 cm³/mol. The fraction of sp³-hybridized carbons (Fsp3) is 0.526. The van der Waals surface area contributed by atoms with Crippen molar-refractivity contribution in [2.24, 2.45) is 5.73 Å². The number of carbonyl (C=O) groups excluding carboxylic acids is 1. The van der Waals surface area contributed by atoms with Crippen LogP contribution in [0.25, 0.3) is 10.9 Å². The van der Waals surface area contributed by atoms with Gasteiger partial charge in [-0.25, -0.2) is 0 Å². The Hall–Kier alpha value is -1.81. The summed E-state index contributed by atoms with van der Waals surface area (Å²) in [6.45, 7) is 3.12. The van der Waals surface area contributed by atoms with Gasteiger partial charge in [0.15, 0.2) is 0 Å². The lowest BCUT2D eigenvalue weighted by Crippen LogP contribution is -2.38. The molecule has 3 rings (SSSR count). The van der Waals surface area contributed by atoms with Crippen LogP contribution in [0, 0.1) is 6.92 Å². The molecule has 0 spiro atoms. The van der Waals surface area contributed by atoms with Crippen molar-refractivity contribution in [3.63, 3.8) is 0 Å². The second-order valence-corrected chi connectivity index (χ2v) is 6.61. The van der Waals surface area contributed by atoms with E-state index in [1.807, 2.05) is 12.1 Å². The van der Waals surface area contributed by atoms with Gasteiger partial charge in [-0.3, -0.25) is 4.79 Å². The third-order valence-corrected chi connectivity index (χ3v) is 5.03. The third kappa shape index (κ3) is 3.42. The first-order valence-corrected chi connectivity index (χ1v) is 8.77. The minimum atomic E-state index is 0.125. The number of amides is 1. The smallest absolute Gasteiger partial charge is 0.240 e. The van der Waals surface area contributed by atoms with E-state index in [1.54, 1.807) is 0 Å². The Bertz CT molecular complexity index is 683. The highest BCUT2D eigenvalue weighted by atomic mass is 16.2. The maximum Gasteiger partial charge on any atom is 0.240 e. The van der Waals surface area contributed by atoms with Crippen LogP contribution in [-0.2, 0) is 17.8 Å². The molecule has 0 radical (unpaired) electrons. The Morgan fingerprint density at radius 2 is 2.00 bits per heavy atom. The molecule has 4 heteroatoms. The zero-order chi connectivity index (χ0) is 16.2. The lowest BCUT2D eigenvalue weighted by Gasteiger charge is -2.23. The van der Waals surface area contributed by atoms with Crippen LogP contribution in [0.3, 0.4) is 0 Å². The van der Waals surface area contributed by atoms with Crippen molar-refractivity contribution in [1.82, 2.24) is 9.88 Å². The van der Waals surface area contributed by atoms with Crippen LogP contribution >= 0.6 is 0 Å². The van der Waals surface area contributed by atoms with Crippen molar-refractivity contribution >= 4 is 16.8 Å². The molecule has 1 fully saturated rings. The summed E-state index contributed by atoms with van der Waals surface area (Å²) < 4.78 is 2.14. The summed E-state index contributed by atoms with van der Waals surface area (Å²) in [5.74, 6) is 0.125. The van der Waals surface area contributed by atoms with E-state index in [-0.39, 0.29) is 5.91 Å². The molecule has 1 aliphatic rings. The molecule has 0 saturated heterocycles. The molecule has 1 aromatic carbocycles. The van der Waals surface area contributed by atoms with Gasteiger partial charge in [-0.2, -0.15) is 0 Å². The molecule has 1 heterocycles. The second-order valence-electron chi connectivity index (χ2n) is 6.61. The van der Waals surface area contributed by atoms with Crippen LogP contribution in [-0.4, -0.2) is 23.1 Å². The van der Waals surface area contributed by atoms with E-state index in [2.05, 4.69) is 28.9 Å². The van der Waals surface area contributed by atoms with Crippen LogP contribution in [0.15, 0.2) is 24.3 Å². The van der Waals surface area contributed by atoms with Crippen molar-refractivity contribution in [2.45, 2.75) is 58.0 Å². The highest BCUT2D eigenvalue weighted by molar-refractivity contribution is 5.87. The summed E-state index contributed by atoms with van der Waals surface area (Å²) >= 11 is 0. The topological polar surface area (TPSA) is 60.0 Å². The predicted octanol–water partition coefficient (Wildman–Crippen LogP) is 2.90. The number of nitrogens with two attached hydrogens (primary N) is 1. The van der Waals surface area contributed by atoms with E-state index in [4.69, 9.17) is 5.73 Å². The Morgan fingerprint density at radius 3 is 2.74 bits per heavy atom. The molecular formula is C19H27N3O. The number of nitrogens with zero attached hydrogens (tertiary/aromatic N) is 1. The Kier molecular flexibility index (Phi) is 5.01. The summed E-state index contributed by atoms with van der Waals surface area (Å²) in [4.78, 5) is 12.5. The molecule has 124 valence electrons. The van der Waals surface area contributed by atoms with E-state index < -0.39 is 0 Å². The highest BCUT2D eigenvalue weighted by Crippen LogP contribution is 2.26. The lowest BCUT2D eigenvalue weighted by molar-refractivity contribution is -0.122. The van der Waals surface area contributed by atoms with Crippen LogP contribution in [0.5, 0.6) is 0 Å². The van der Waals surface area contributed by atoms with Gasteiger partial charge in [-0.15, -0.1) is 0 Å². The van der Waals surface area contributed by atoms with E-state index in [9.17, 15) is 4.79 Å². The van der Waals surface area contributed by atoms with Crippen LogP contribution in [0.1, 0.15) is 43.4 Å². The maximum absolute atomic E-state index is 12.5. The summed E-state index contributed by atoms with van der Waals surface area (Å²) in [5.41, 5.74) is 9.33. The van der Waals surface area contributed by atoms with Gasteiger partial charge < -0.3 is 15.6 Å². The van der Waals surface area contributed by atoms with Gasteiger partial charge in [-0.1, -0.05) is 37.5 Å². The molecule has 0 unspecified atom stereocenters. The van der Waals surface area contributed by atoms with Crippen molar-refractivity contribution in [2.75, 3.05) is 6.54 Å². The SMILES string of the molecule is Cc1c(CCN)c2ccccc2n1CC(=O)NC1CCCCC1. The number of rotatable bonds is 5. The van der Waals surface area contributed by atoms with Crippen LogP contribution in [0.4, 0.5) is 0 Å². The molecule has 2 aromatic rings. The van der Waals surface area contributed by atoms with Crippen molar-refractivity contribution in [3.05, 3.63) is 35.5 Å². The molecule has 1 aliphatic carbocycles. The highest BCUT2D eigenvalue weighted by Gasteiger charge is 2.18. The van der Waals surface area contributed by atoms with Crippen LogP contribution < -0.4 is 11.1 Å². The number of fused-ring (bicyclic) bond motifs is 1. The third-order valence-electron chi connectivity index (χ3n) is 5.03. The molecule has 0 aliphatic heterocycles. The molecule has 0 bridgehead atoms. The number of aromatic nitrogens is 1. The van der Waals surface area contributed by atoms with Gasteiger partial charge >= 0.3 is 0 Å². The van der Waals surface area contributed by atoms with Crippen molar-refractivity contribution in [3.8, 4) is 0 Å². The Morgan fingerprint density at radius 1 is 1.26 bits per heavy atom. The molecule has 1 amide bonds. The van der Waals surface area contributed by atoms with Gasteiger partial charge in [0.25, 0.3) is 0 Å².